The average molecular weight is 414 g/mol. The fourth-order valence-electron chi connectivity index (χ4n) is 3.06. The maximum Gasteiger partial charge on any atom is 0.328 e. The first kappa shape index (κ1) is 18.8. The van der Waals surface area contributed by atoms with Gasteiger partial charge >= 0.3 is 6.03 Å². The molecule has 10 heteroatoms. The van der Waals surface area contributed by atoms with E-state index in [9.17, 15) is 19.3 Å². The van der Waals surface area contributed by atoms with Crippen molar-refractivity contribution in [2.75, 3.05) is 16.8 Å². The second-order valence-corrected chi connectivity index (χ2v) is 7.29. The number of amides is 2. The lowest BCUT2D eigenvalue weighted by Gasteiger charge is -2.28. The van der Waals surface area contributed by atoms with E-state index in [4.69, 9.17) is 4.74 Å². The Balaban J connectivity index is 1.49. The lowest BCUT2D eigenvalue weighted by molar-refractivity contribution is -0.384. The number of urea groups is 1. The van der Waals surface area contributed by atoms with Gasteiger partial charge in [-0.1, -0.05) is 23.5 Å². The second-order valence-electron chi connectivity index (χ2n) is 6.30. The van der Waals surface area contributed by atoms with Gasteiger partial charge in [-0.2, -0.15) is 0 Å². The zero-order valence-electron chi connectivity index (χ0n) is 15.0. The fourth-order valence-corrected chi connectivity index (χ4v) is 3.73. The molecule has 0 fully saturated rings. The Morgan fingerprint density at radius 3 is 2.97 bits per heavy atom. The summed E-state index contributed by atoms with van der Waals surface area (Å²) in [5, 5.41) is 14.5. The molecular weight excluding hydrogens is 399 g/mol. The molecule has 2 amide bonds. The highest BCUT2D eigenvalue weighted by Gasteiger charge is 2.25. The van der Waals surface area contributed by atoms with Crippen LogP contribution in [0.5, 0.6) is 10.8 Å². The zero-order valence-corrected chi connectivity index (χ0v) is 15.8. The number of ether oxygens (including phenoxy) is 1. The van der Waals surface area contributed by atoms with Gasteiger partial charge in [0.15, 0.2) is 5.13 Å². The largest absolute Gasteiger partial charge is 0.445 e. The smallest absolute Gasteiger partial charge is 0.328 e. The van der Waals surface area contributed by atoms with Gasteiger partial charge in [-0.25, -0.2) is 14.2 Å². The Bertz CT molecular complexity index is 1090. The third kappa shape index (κ3) is 4.16. The van der Waals surface area contributed by atoms with Crippen molar-refractivity contribution in [1.29, 1.82) is 0 Å². The summed E-state index contributed by atoms with van der Waals surface area (Å²) in [6.45, 7) is 0.442. The van der Waals surface area contributed by atoms with Crippen molar-refractivity contribution in [1.82, 2.24) is 4.98 Å². The predicted octanol–water partition coefficient (Wildman–Crippen LogP) is 4.97. The van der Waals surface area contributed by atoms with Gasteiger partial charge in [0, 0.05) is 24.7 Å². The fraction of sp³-hybridized carbons (Fsp3) is 0.158. The number of non-ortho nitro benzene ring substituents is 1. The zero-order chi connectivity index (χ0) is 20.4. The predicted molar refractivity (Wildman–Crippen MR) is 106 cm³/mol. The van der Waals surface area contributed by atoms with Crippen molar-refractivity contribution in [3.8, 4) is 10.8 Å². The number of carbonyl (C=O) groups excluding carboxylic acids is 1. The van der Waals surface area contributed by atoms with Gasteiger partial charge in [0.25, 0.3) is 5.69 Å². The summed E-state index contributed by atoms with van der Waals surface area (Å²) in [6.07, 6.45) is 2.93. The Morgan fingerprint density at radius 2 is 2.17 bits per heavy atom. The van der Waals surface area contributed by atoms with E-state index >= 15 is 0 Å². The van der Waals surface area contributed by atoms with Crippen molar-refractivity contribution < 1.29 is 18.8 Å². The molecule has 29 heavy (non-hydrogen) atoms. The molecule has 0 atom stereocenters. The number of thiazole rings is 1. The summed E-state index contributed by atoms with van der Waals surface area (Å²) < 4.78 is 18.8. The van der Waals surface area contributed by atoms with Crippen LogP contribution in [0.25, 0.3) is 0 Å². The molecule has 4 rings (SSSR count). The molecule has 0 saturated carbocycles. The summed E-state index contributed by atoms with van der Waals surface area (Å²) in [5.41, 5.74) is 1.34. The highest BCUT2D eigenvalue weighted by molar-refractivity contribution is 7.17. The molecule has 0 radical (unpaired) electrons. The van der Waals surface area contributed by atoms with Crippen LogP contribution in [0, 0.1) is 15.9 Å². The normalized spacial score (nSPS) is 12.9. The van der Waals surface area contributed by atoms with E-state index in [0.717, 1.165) is 29.7 Å². The Hall–Kier alpha value is -3.53. The SMILES string of the molecule is O=C(Nc1ncc(Oc2cccc(F)c2)s1)N1CCCc2ccc([N+](=O)[O-])cc21. The summed E-state index contributed by atoms with van der Waals surface area (Å²) >= 11 is 1.09. The van der Waals surface area contributed by atoms with E-state index in [-0.39, 0.29) is 5.69 Å². The second kappa shape index (κ2) is 7.84. The number of nitrogens with zero attached hydrogens (tertiary/aromatic N) is 3. The first-order valence-corrected chi connectivity index (χ1v) is 9.56. The Kier molecular flexibility index (Phi) is 5.09. The molecule has 2 aromatic carbocycles. The van der Waals surface area contributed by atoms with E-state index in [0.29, 0.717) is 28.2 Å². The van der Waals surface area contributed by atoms with Gasteiger partial charge in [0.2, 0.25) is 5.06 Å². The number of rotatable bonds is 4. The minimum Gasteiger partial charge on any atom is -0.445 e. The van der Waals surface area contributed by atoms with Crippen LogP contribution in [0.15, 0.2) is 48.7 Å². The minimum atomic E-state index is -0.484. The van der Waals surface area contributed by atoms with Crippen LogP contribution in [-0.4, -0.2) is 22.5 Å². The Labute approximate surface area is 168 Å². The lowest BCUT2D eigenvalue weighted by Crippen LogP contribution is -2.38. The molecule has 1 N–H and O–H groups in total. The lowest BCUT2D eigenvalue weighted by atomic mass is 10.0. The molecule has 2 heterocycles. The van der Waals surface area contributed by atoms with Crippen LogP contribution in [0.4, 0.5) is 25.7 Å². The molecule has 0 aliphatic carbocycles. The quantitative estimate of drug-likeness (QED) is 0.480. The van der Waals surface area contributed by atoms with Crippen molar-refractivity contribution in [2.24, 2.45) is 0 Å². The van der Waals surface area contributed by atoms with E-state index in [1.807, 2.05) is 0 Å². The number of nitro benzene ring substituents is 1. The third-order valence-corrected chi connectivity index (χ3v) is 5.15. The summed E-state index contributed by atoms with van der Waals surface area (Å²) in [6, 6.07) is 9.80. The molecule has 1 aliphatic rings. The van der Waals surface area contributed by atoms with Crippen molar-refractivity contribution in [2.45, 2.75) is 12.8 Å². The third-order valence-electron chi connectivity index (χ3n) is 4.36. The summed E-state index contributed by atoms with van der Waals surface area (Å²) in [7, 11) is 0. The minimum absolute atomic E-state index is 0.0662. The standard InChI is InChI=1S/C19H15FN4O4S/c20-13-4-1-5-15(9-13)28-17-11-21-18(29-17)22-19(25)23-8-2-3-12-6-7-14(24(26)27)10-16(12)23/h1,4-7,9-11H,2-3,8H2,(H,21,22,25). The van der Waals surface area contributed by atoms with Gasteiger partial charge in [-0.3, -0.25) is 20.3 Å². The van der Waals surface area contributed by atoms with E-state index in [1.165, 1.54) is 41.4 Å². The number of hydrogen-bond acceptors (Lipinski definition) is 6. The van der Waals surface area contributed by atoms with E-state index in [1.54, 1.807) is 12.1 Å². The topological polar surface area (TPSA) is 97.6 Å². The molecule has 3 aromatic rings. The molecule has 148 valence electrons. The number of nitro groups is 1. The summed E-state index contributed by atoms with van der Waals surface area (Å²) in [4.78, 5) is 28.9. The highest BCUT2D eigenvalue weighted by Crippen LogP contribution is 2.33. The van der Waals surface area contributed by atoms with Crippen LogP contribution in [-0.2, 0) is 6.42 Å². The molecule has 0 unspecified atom stereocenters. The van der Waals surface area contributed by atoms with Crippen LogP contribution >= 0.6 is 11.3 Å². The molecule has 0 spiro atoms. The number of benzene rings is 2. The number of nitrogens with one attached hydrogen (secondary N) is 1. The molecule has 0 saturated heterocycles. The number of hydrogen-bond donors (Lipinski definition) is 1. The number of fused-ring (bicyclic) bond motifs is 1. The average Bonchev–Trinajstić information content (AvgIpc) is 3.13. The van der Waals surface area contributed by atoms with Gasteiger partial charge in [-0.05, 0) is 30.5 Å². The van der Waals surface area contributed by atoms with Gasteiger partial charge < -0.3 is 4.74 Å². The highest BCUT2D eigenvalue weighted by atomic mass is 32.1. The van der Waals surface area contributed by atoms with Crippen LogP contribution in [0.1, 0.15) is 12.0 Å². The first-order chi connectivity index (χ1) is 14.0. The number of anilines is 2. The molecule has 8 nitrogen and oxygen atoms in total. The van der Waals surface area contributed by atoms with E-state index < -0.39 is 16.8 Å². The van der Waals surface area contributed by atoms with Gasteiger partial charge in [-0.15, -0.1) is 0 Å². The van der Waals surface area contributed by atoms with Crippen molar-refractivity contribution in [3.63, 3.8) is 0 Å². The van der Waals surface area contributed by atoms with Gasteiger partial charge in [0.1, 0.15) is 11.6 Å². The van der Waals surface area contributed by atoms with E-state index in [2.05, 4.69) is 10.3 Å². The molecular formula is C19H15FN4O4S. The van der Waals surface area contributed by atoms with Crippen molar-refractivity contribution in [3.05, 3.63) is 70.2 Å². The van der Waals surface area contributed by atoms with Crippen molar-refractivity contribution >= 4 is 33.9 Å². The summed E-state index contributed by atoms with van der Waals surface area (Å²) in [5.74, 6) is -0.0952. The molecule has 1 aliphatic heterocycles. The van der Waals surface area contributed by atoms with Crippen LogP contribution in [0.3, 0.4) is 0 Å². The van der Waals surface area contributed by atoms with Gasteiger partial charge in [0.05, 0.1) is 16.8 Å². The monoisotopic (exact) mass is 414 g/mol. The molecule has 1 aromatic heterocycles. The first-order valence-electron chi connectivity index (χ1n) is 8.75. The number of aryl methyl sites for hydroxylation is 1. The molecule has 0 bridgehead atoms. The van der Waals surface area contributed by atoms with Crippen LogP contribution < -0.4 is 15.0 Å². The number of aromatic nitrogens is 1. The maximum atomic E-state index is 13.3. The number of halogens is 1. The number of carbonyl (C=O) groups is 1. The Morgan fingerprint density at radius 1 is 1.31 bits per heavy atom. The van der Waals surface area contributed by atoms with Crippen LogP contribution in [0.2, 0.25) is 0 Å². The maximum absolute atomic E-state index is 13.3.